The van der Waals surface area contributed by atoms with E-state index in [0.717, 1.165) is 4.48 Å². The topological polar surface area (TPSA) is 0 Å². The minimum atomic E-state index is 0. The highest BCUT2D eigenvalue weighted by molar-refractivity contribution is 5.40. The lowest BCUT2D eigenvalue weighted by Crippen LogP contribution is -3.00. The first kappa shape index (κ1) is 29.5. The van der Waals surface area contributed by atoms with E-state index in [1.54, 1.807) is 0 Å². The van der Waals surface area contributed by atoms with E-state index in [0.29, 0.717) is 0 Å². The zero-order valence-corrected chi connectivity index (χ0v) is 21.4. The zero-order valence-electron chi connectivity index (χ0n) is 20.6. The summed E-state index contributed by atoms with van der Waals surface area (Å²) in [6.45, 7) is 3.55. The molecule has 0 aliphatic rings. The standard InChI is InChI=1S/C28H52N.ClH/c1-4-5-6-7-8-9-10-11-12-13-14-15-16-17-18-19-20-24-27-29(2,3)28-25-22-21-23-26-28;/h21-23,25-26H,4-20,24,27H2,1-3H3;1H/q+1;/p-1. The maximum atomic E-state index is 2.34. The zero-order chi connectivity index (χ0) is 21.0. The summed E-state index contributed by atoms with van der Waals surface area (Å²) in [7, 11) is 4.67. The minimum absolute atomic E-state index is 0. The van der Waals surface area contributed by atoms with Gasteiger partial charge in [0.15, 0.2) is 0 Å². The smallest absolute Gasteiger partial charge is 0.132 e. The third-order valence-corrected chi connectivity index (χ3v) is 6.53. The molecular weight excluding hydrogens is 386 g/mol. The Morgan fingerprint density at radius 1 is 0.500 bits per heavy atom. The highest BCUT2D eigenvalue weighted by atomic mass is 35.5. The third kappa shape index (κ3) is 16.2. The summed E-state index contributed by atoms with van der Waals surface area (Å²) in [5.41, 5.74) is 1.43. The second-order valence-electron chi connectivity index (χ2n) is 9.75. The Labute approximate surface area is 196 Å². The summed E-state index contributed by atoms with van der Waals surface area (Å²) in [6, 6.07) is 10.9. The van der Waals surface area contributed by atoms with Crippen molar-refractivity contribution >= 4 is 5.69 Å². The quantitative estimate of drug-likeness (QED) is 0.166. The van der Waals surface area contributed by atoms with Crippen molar-refractivity contribution in [3.63, 3.8) is 0 Å². The molecule has 0 unspecified atom stereocenters. The van der Waals surface area contributed by atoms with Gasteiger partial charge in [-0.25, -0.2) is 0 Å². The van der Waals surface area contributed by atoms with Crippen LogP contribution in [0.3, 0.4) is 0 Å². The van der Waals surface area contributed by atoms with Crippen LogP contribution in [-0.4, -0.2) is 20.6 Å². The minimum Gasteiger partial charge on any atom is -1.00 e. The molecule has 0 aliphatic carbocycles. The Morgan fingerprint density at radius 3 is 1.20 bits per heavy atom. The van der Waals surface area contributed by atoms with Gasteiger partial charge in [0.2, 0.25) is 0 Å². The highest BCUT2D eigenvalue weighted by Crippen LogP contribution is 2.19. The fourth-order valence-corrected chi connectivity index (χ4v) is 4.37. The van der Waals surface area contributed by atoms with Gasteiger partial charge in [-0.3, -0.25) is 4.48 Å². The number of halogens is 1. The molecule has 0 amide bonds. The van der Waals surface area contributed by atoms with Crippen molar-refractivity contribution in [2.45, 2.75) is 122 Å². The van der Waals surface area contributed by atoms with Crippen LogP contribution in [0.1, 0.15) is 122 Å². The first-order chi connectivity index (χ1) is 14.2. The predicted octanol–water partition coefficient (Wildman–Crippen LogP) is 6.30. The first-order valence-corrected chi connectivity index (χ1v) is 13.1. The molecule has 176 valence electrons. The number of hydrogen-bond donors (Lipinski definition) is 0. The Hall–Kier alpha value is -0.530. The van der Waals surface area contributed by atoms with E-state index in [1.165, 1.54) is 128 Å². The third-order valence-electron chi connectivity index (χ3n) is 6.53. The molecule has 0 saturated carbocycles. The molecule has 0 heterocycles. The monoisotopic (exact) mass is 437 g/mol. The van der Waals surface area contributed by atoms with Gasteiger partial charge >= 0.3 is 0 Å². The van der Waals surface area contributed by atoms with Crippen LogP contribution < -0.4 is 16.9 Å². The summed E-state index contributed by atoms with van der Waals surface area (Å²) in [5.74, 6) is 0. The van der Waals surface area contributed by atoms with Gasteiger partial charge in [-0.2, -0.15) is 0 Å². The Bertz CT molecular complexity index is 457. The molecule has 0 aromatic heterocycles. The van der Waals surface area contributed by atoms with Crippen LogP contribution in [0.25, 0.3) is 0 Å². The maximum Gasteiger partial charge on any atom is 0.132 e. The van der Waals surface area contributed by atoms with Crippen molar-refractivity contribution in [3.05, 3.63) is 30.3 Å². The second-order valence-corrected chi connectivity index (χ2v) is 9.75. The molecule has 0 saturated heterocycles. The molecule has 0 N–H and O–H groups in total. The molecular formula is C28H52ClN. The summed E-state index contributed by atoms with van der Waals surface area (Å²) in [5, 5.41) is 0. The van der Waals surface area contributed by atoms with E-state index in [-0.39, 0.29) is 12.4 Å². The van der Waals surface area contributed by atoms with Crippen molar-refractivity contribution in [2.75, 3.05) is 20.6 Å². The van der Waals surface area contributed by atoms with Crippen LogP contribution in [-0.2, 0) is 0 Å². The fraction of sp³-hybridized carbons (Fsp3) is 0.786. The van der Waals surface area contributed by atoms with Gasteiger partial charge in [0.25, 0.3) is 0 Å². The van der Waals surface area contributed by atoms with Crippen LogP contribution in [0.2, 0.25) is 0 Å². The average Bonchev–Trinajstić information content (AvgIpc) is 2.73. The van der Waals surface area contributed by atoms with Crippen LogP contribution in [0.15, 0.2) is 30.3 Å². The maximum absolute atomic E-state index is 2.34. The molecule has 0 fully saturated rings. The van der Waals surface area contributed by atoms with E-state index < -0.39 is 0 Å². The number of para-hydroxylation sites is 1. The lowest BCUT2D eigenvalue weighted by Gasteiger charge is -2.29. The molecule has 1 rings (SSSR count). The second kappa shape index (κ2) is 20.4. The largest absolute Gasteiger partial charge is 1.00 e. The van der Waals surface area contributed by atoms with Crippen LogP contribution in [0, 0.1) is 0 Å². The van der Waals surface area contributed by atoms with Gasteiger partial charge in [-0.1, -0.05) is 128 Å². The van der Waals surface area contributed by atoms with E-state index in [4.69, 9.17) is 0 Å². The number of nitrogens with zero attached hydrogens (tertiary/aromatic N) is 1. The SMILES string of the molecule is CCCCCCCCCCCCCCCCCCCC[N+](C)(C)c1ccccc1.[Cl-]. The van der Waals surface area contributed by atoms with Crippen LogP contribution in [0.5, 0.6) is 0 Å². The molecule has 0 atom stereocenters. The van der Waals surface area contributed by atoms with Gasteiger partial charge in [-0.05, 0) is 25.0 Å². The number of hydrogen-bond acceptors (Lipinski definition) is 0. The molecule has 2 heteroatoms. The lowest BCUT2D eigenvalue weighted by molar-refractivity contribution is -0.00000648. The first-order valence-electron chi connectivity index (χ1n) is 13.1. The molecule has 0 aliphatic heterocycles. The molecule has 1 aromatic rings. The Morgan fingerprint density at radius 2 is 0.833 bits per heavy atom. The Balaban J connectivity index is 0.00000841. The van der Waals surface area contributed by atoms with Crippen LogP contribution >= 0.6 is 0 Å². The summed E-state index contributed by atoms with van der Waals surface area (Å²) < 4.78 is 1.01. The molecule has 0 radical (unpaired) electrons. The van der Waals surface area contributed by atoms with Crippen LogP contribution in [0.4, 0.5) is 5.69 Å². The normalized spacial score (nSPS) is 11.4. The van der Waals surface area contributed by atoms with Gasteiger partial charge < -0.3 is 12.4 Å². The van der Waals surface area contributed by atoms with E-state index in [9.17, 15) is 0 Å². The summed E-state index contributed by atoms with van der Waals surface area (Å²) in [6.07, 6.45) is 26.1. The number of unbranched alkanes of at least 4 members (excludes halogenated alkanes) is 17. The summed E-state index contributed by atoms with van der Waals surface area (Å²) >= 11 is 0. The van der Waals surface area contributed by atoms with E-state index in [2.05, 4.69) is 51.4 Å². The van der Waals surface area contributed by atoms with Gasteiger partial charge in [0, 0.05) is 0 Å². The lowest BCUT2D eigenvalue weighted by atomic mass is 10.0. The van der Waals surface area contributed by atoms with Crippen molar-refractivity contribution in [1.82, 2.24) is 4.48 Å². The fourth-order valence-electron chi connectivity index (χ4n) is 4.37. The Kier molecular flexibility index (Phi) is 20.0. The van der Waals surface area contributed by atoms with Crippen molar-refractivity contribution < 1.29 is 12.4 Å². The average molecular weight is 438 g/mol. The van der Waals surface area contributed by atoms with E-state index >= 15 is 0 Å². The van der Waals surface area contributed by atoms with Gasteiger partial charge in [-0.15, -0.1) is 0 Å². The predicted molar refractivity (Wildman–Crippen MR) is 134 cm³/mol. The molecule has 0 spiro atoms. The number of benzene rings is 1. The van der Waals surface area contributed by atoms with Crippen molar-refractivity contribution in [3.8, 4) is 0 Å². The molecule has 30 heavy (non-hydrogen) atoms. The molecule has 1 aromatic carbocycles. The highest BCUT2D eigenvalue weighted by Gasteiger charge is 2.17. The summed E-state index contributed by atoms with van der Waals surface area (Å²) in [4.78, 5) is 0. The number of rotatable bonds is 20. The van der Waals surface area contributed by atoms with Gasteiger partial charge in [0.05, 0.1) is 20.6 Å². The number of quaternary nitrogens is 1. The van der Waals surface area contributed by atoms with Gasteiger partial charge in [0.1, 0.15) is 5.69 Å². The van der Waals surface area contributed by atoms with E-state index in [1.807, 2.05) is 0 Å². The molecule has 1 nitrogen and oxygen atoms in total. The van der Waals surface area contributed by atoms with Crippen molar-refractivity contribution in [1.29, 1.82) is 0 Å². The molecule has 0 bridgehead atoms. The van der Waals surface area contributed by atoms with Crippen molar-refractivity contribution in [2.24, 2.45) is 0 Å².